The van der Waals surface area contributed by atoms with Gasteiger partial charge in [-0.15, -0.1) is 0 Å². The first kappa shape index (κ1) is 14.9. The van der Waals surface area contributed by atoms with E-state index >= 15 is 0 Å². The Morgan fingerprint density at radius 3 is 2.00 bits per heavy atom. The number of nitrogens with two attached hydrogens (primary N) is 1. The highest BCUT2D eigenvalue weighted by atomic mass is 19.4. The minimum Gasteiger partial charge on any atom is -0.360 e. The van der Waals surface area contributed by atoms with Crippen LogP contribution in [-0.4, -0.2) is 18.3 Å². The van der Waals surface area contributed by atoms with Crippen LogP contribution in [0.4, 0.5) is 17.6 Å². The quantitative estimate of drug-likeness (QED) is 0.848. The van der Waals surface area contributed by atoms with Gasteiger partial charge in [0, 0.05) is 6.04 Å². The second kappa shape index (κ2) is 5.67. The molecule has 0 radical (unpaired) electrons. The SMILES string of the molecule is CC(N)C(OC(C)C(F)(F)F)c1ccc(F)cc1. The minimum atomic E-state index is -4.45. The van der Waals surface area contributed by atoms with Crippen LogP contribution >= 0.6 is 0 Å². The second-order valence-electron chi connectivity index (χ2n) is 4.15. The standard InChI is InChI=1S/C12H15F4NO/c1-7(17)11(18-8(2)12(14,15)16)9-3-5-10(13)6-4-9/h3-8,11H,17H2,1-2H3. The molecule has 102 valence electrons. The molecule has 0 heterocycles. The third kappa shape index (κ3) is 3.96. The predicted octanol–water partition coefficient (Wildman–Crippen LogP) is 3.18. The molecule has 18 heavy (non-hydrogen) atoms. The van der Waals surface area contributed by atoms with Crippen LogP contribution in [0, 0.1) is 5.82 Å². The lowest BCUT2D eigenvalue weighted by Gasteiger charge is -2.27. The van der Waals surface area contributed by atoms with Gasteiger partial charge in [0.15, 0.2) is 6.10 Å². The first-order valence-electron chi connectivity index (χ1n) is 5.45. The Morgan fingerprint density at radius 2 is 1.61 bits per heavy atom. The summed E-state index contributed by atoms with van der Waals surface area (Å²) < 4.78 is 55.0. The number of alkyl halides is 3. The Bertz CT molecular complexity index is 375. The topological polar surface area (TPSA) is 35.2 Å². The molecule has 0 aromatic heterocycles. The van der Waals surface area contributed by atoms with Crippen molar-refractivity contribution in [3.05, 3.63) is 35.6 Å². The maximum atomic E-state index is 12.8. The summed E-state index contributed by atoms with van der Waals surface area (Å²) in [5.41, 5.74) is 6.03. The van der Waals surface area contributed by atoms with Crippen molar-refractivity contribution in [3.63, 3.8) is 0 Å². The zero-order valence-electron chi connectivity index (χ0n) is 10.0. The Morgan fingerprint density at radius 1 is 1.11 bits per heavy atom. The van der Waals surface area contributed by atoms with Crippen LogP contribution in [0.15, 0.2) is 24.3 Å². The van der Waals surface area contributed by atoms with Crippen molar-refractivity contribution in [1.29, 1.82) is 0 Å². The van der Waals surface area contributed by atoms with Crippen LogP contribution in [0.5, 0.6) is 0 Å². The highest BCUT2D eigenvalue weighted by Crippen LogP contribution is 2.29. The molecule has 0 aliphatic heterocycles. The highest BCUT2D eigenvalue weighted by Gasteiger charge is 2.39. The second-order valence-corrected chi connectivity index (χ2v) is 4.15. The Kier molecular flexibility index (Phi) is 4.70. The van der Waals surface area contributed by atoms with Gasteiger partial charge >= 0.3 is 6.18 Å². The van der Waals surface area contributed by atoms with E-state index < -0.39 is 30.2 Å². The van der Waals surface area contributed by atoms with Gasteiger partial charge in [0.2, 0.25) is 0 Å². The van der Waals surface area contributed by atoms with Gasteiger partial charge in [0.1, 0.15) is 5.82 Å². The molecule has 0 saturated heterocycles. The predicted molar refractivity (Wildman–Crippen MR) is 59.4 cm³/mol. The van der Waals surface area contributed by atoms with Crippen molar-refractivity contribution in [3.8, 4) is 0 Å². The van der Waals surface area contributed by atoms with E-state index in [1.54, 1.807) is 0 Å². The van der Waals surface area contributed by atoms with Gasteiger partial charge in [-0.05, 0) is 31.5 Å². The lowest BCUT2D eigenvalue weighted by atomic mass is 10.0. The lowest BCUT2D eigenvalue weighted by molar-refractivity contribution is -0.229. The molecule has 0 amide bonds. The summed E-state index contributed by atoms with van der Waals surface area (Å²) in [5.74, 6) is -0.467. The fourth-order valence-corrected chi connectivity index (χ4v) is 1.46. The summed E-state index contributed by atoms with van der Waals surface area (Å²) in [6.45, 7) is 2.45. The van der Waals surface area contributed by atoms with E-state index in [1.165, 1.54) is 19.1 Å². The minimum absolute atomic E-state index is 0.419. The highest BCUT2D eigenvalue weighted by molar-refractivity contribution is 5.20. The van der Waals surface area contributed by atoms with Gasteiger partial charge in [-0.1, -0.05) is 12.1 Å². The Hall–Kier alpha value is -1.14. The average molecular weight is 265 g/mol. The van der Waals surface area contributed by atoms with Crippen LogP contribution in [0.25, 0.3) is 0 Å². The van der Waals surface area contributed by atoms with Gasteiger partial charge < -0.3 is 10.5 Å². The van der Waals surface area contributed by atoms with Crippen molar-refractivity contribution in [2.24, 2.45) is 5.73 Å². The number of benzene rings is 1. The zero-order valence-corrected chi connectivity index (χ0v) is 10.0. The van der Waals surface area contributed by atoms with Gasteiger partial charge in [-0.3, -0.25) is 0 Å². The normalized spacial score (nSPS) is 17.3. The number of ether oxygens (including phenoxy) is 1. The van der Waals surface area contributed by atoms with Crippen LogP contribution < -0.4 is 5.73 Å². The Balaban J connectivity index is 2.87. The Labute approximate surface area is 103 Å². The molecular formula is C12H15F4NO. The molecule has 3 unspecified atom stereocenters. The van der Waals surface area contributed by atoms with E-state index in [-0.39, 0.29) is 0 Å². The van der Waals surface area contributed by atoms with Crippen LogP contribution in [0.3, 0.4) is 0 Å². The van der Waals surface area contributed by atoms with Gasteiger partial charge in [-0.2, -0.15) is 13.2 Å². The summed E-state index contributed by atoms with van der Waals surface area (Å²) >= 11 is 0. The molecule has 2 nitrogen and oxygen atoms in total. The third-order valence-electron chi connectivity index (χ3n) is 2.49. The summed E-state index contributed by atoms with van der Waals surface area (Å²) in [7, 11) is 0. The summed E-state index contributed by atoms with van der Waals surface area (Å²) in [4.78, 5) is 0. The molecule has 6 heteroatoms. The van der Waals surface area contributed by atoms with Gasteiger partial charge in [0.25, 0.3) is 0 Å². The zero-order chi connectivity index (χ0) is 13.9. The lowest BCUT2D eigenvalue weighted by Crippen LogP contribution is -2.35. The maximum absolute atomic E-state index is 12.8. The van der Waals surface area contributed by atoms with E-state index in [1.807, 2.05) is 0 Å². The van der Waals surface area contributed by atoms with E-state index in [2.05, 4.69) is 0 Å². The fourth-order valence-electron chi connectivity index (χ4n) is 1.46. The van der Waals surface area contributed by atoms with E-state index in [9.17, 15) is 17.6 Å². The molecule has 0 spiro atoms. The number of rotatable bonds is 4. The molecule has 0 aliphatic rings. The molecule has 0 saturated carbocycles. The van der Waals surface area contributed by atoms with E-state index in [4.69, 9.17) is 10.5 Å². The molecule has 2 N–H and O–H groups in total. The molecule has 1 aromatic carbocycles. The van der Waals surface area contributed by atoms with E-state index in [0.29, 0.717) is 5.56 Å². The summed E-state index contributed by atoms with van der Waals surface area (Å²) in [6, 6.07) is 4.41. The van der Waals surface area contributed by atoms with Crippen molar-refractivity contribution in [2.45, 2.75) is 38.3 Å². The number of hydrogen-bond donors (Lipinski definition) is 1. The smallest absolute Gasteiger partial charge is 0.360 e. The number of halogens is 4. The first-order chi connectivity index (χ1) is 8.21. The summed E-state index contributed by atoms with van der Waals surface area (Å²) in [6.07, 6.45) is -7.31. The van der Waals surface area contributed by atoms with Crippen molar-refractivity contribution < 1.29 is 22.3 Å². The molecule has 3 atom stereocenters. The summed E-state index contributed by atoms with van der Waals surface area (Å²) in [5, 5.41) is 0. The molecule has 0 bridgehead atoms. The third-order valence-corrected chi connectivity index (χ3v) is 2.49. The first-order valence-corrected chi connectivity index (χ1v) is 5.45. The molecular weight excluding hydrogens is 250 g/mol. The fraction of sp³-hybridized carbons (Fsp3) is 0.500. The van der Waals surface area contributed by atoms with Gasteiger partial charge in [-0.25, -0.2) is 4.39 Å². The molecule has 1 aromatic rings. The van der Waals surface area contributed by atoms with E-state index in [0.717, 1.165) is 19.1 Å². The largest absolute Gasteiger partial charge is 0.414 e. The maximum Gasteiger partial charge on any atom is 0.414 e. The van der Waals surface area contributed by atoms with Crippen molar-refractivity contribution in [2.75, 3.05) is 0 Å². The molecule has 0 aliphatic carbocycles. The number of hydrogen-bond acceptors (Lipinski definition) is 2. The molecule has 0 fully saturated rings. The van der Waals surface area contributed by atoms with Crippen molar-refractivity contribution >= 4 is 0 Å². The van der Waals surface area contributed by atoms with Crippen LogP contribution in [0.2, 0.25) is 0 Å². The van der Waals surface area contributed by atoms with Crippen molar-refractivity contribution in [1.82, 2.24) is 0 Å². The average Bonchev–Trinajstić information content (AvgIpc) is 2.25. The van der Waals surface area contributed by atoms with Gasteiger partial charge in [0.05, 0.1) is 6.10 Å². The van der Waals surface area contributed by atoms with Crippen LogP contribution in [-0.2, 0) is 4.74 Å². The van der Waals surface area contributed by atoms with Crippen LogP contribution in [0.1, 0.15) is 25.5 Å². The monoisotopic (exact) mass is 265 g/mol. The molecule has 1 rings (SSSR count).